The lowest BCUT2D eigenvalue weighted by atomic mass is 9.81. The van der Waals surface area contributed by atoms with Crippen LogP contribution < -0.4 is 0 Å². The van der Waals surface area contributed by atoms with Crippen molar-refractivity contribution >= 4 is 27.7 Å². The number of hydrogen-bond donors (Lipinski definition) is 1. The van der Waals surface area contributed by atoms with Crippen molar-refractivity contribution in [3.63, 3.8) is 0 Å². The van der Waals surface area contributed by atoms with Crippen LogP contribution in [0, 0.1) is 5.41 Å². The molecule has 1 rings (SSSR count). The fourth-order valence-electron chi connectivity index (χ4n) is 1.68. The fourth-order valence-corrected chi connectivity index (χ4v) is 1.94. The number of benzene rings is 1. The molecule has 3 nitrogen and oxygen atoms in total. The van der Waals surface area contributed by atoms with Gasteiger partial charge >= 0.3 is 5.97 Å². The van der Waals surface area contributed by atoms with Crippen LogP contribution in [0.5, 0.6) is 0 Å². The first-order valence-corrected chi connectivity index (χ1v) is 6.66. The maximum absolute atomic E-state index is 11.9. The Labute approximate surface area is 115 Å². The fraction of sp³-hybridized carbons (Fsp3) is 0.429. The molecule has 0 amide bonds. The monoisotopic (exact) mass is 312 g/mol. The van der Waals surface area contributed by atoms with E-state index in [1.807, 2.05) is 24.3 Å². The zero-order chi connectivity index (χ0) is 13.8. The molecule has 0 aliphatic carbocycles. The average Bonchev–Trinajstić information content (AvgIpc) is 2.31. The van der Waals surface area contributed by atoms with Gasteiger partial charge in [0.2, 0.25) is 0 Å². The summed E-state index contributed by atoms with van der Waals surface area (Å²) in [4.78, 5) is 23.0. The molecule has 4 heteroatoms. The molecule has 0 aliphatic rings. The average molecular weight is 313 g/mol. The summed E-state index contributed by atoms with van der Waals surface area (Å²) in [7, 11) is 0. The standard InChI is InChI=1S/C14H17BrO3/c1-3-14(2,13(17)18)9-12(16)8-10-4-6-11(15)7-5-10/h4-7H,3,8-9H2,1-2H3,(H,17,18)/t14-/m1/s1. The van der Waals surface area contributed by atoms with Crippen LogP contribution in [0.25, 0.3) is 0 Å². The molecular weight excluding hydrogens is 296 g/mol. The molecule has 0 saturated heterocycles. The SMILES string of the molecule is CC[C@](C)(CC(=O)Cc1ccc(Br)cc1)C(=O)O. The molecule has 0 aliphatic heterocycles. The normalized spacial score (nSPS) is 13.9. The highest BCUT2D eigenvalue weighted by Crippen LogP contribution is 2.27. The van der Waals surface area contributed by atoms with Crippen molar-refractivity contribution in [1.82, 2.24) is 0 Å². The second kappa shape index (κ2) is 6.14. The summed E-state index contributed by atoms with van der Waals surface area (Å²) in [6.07, 6.45) is 0.819. The first-order chi connectivity index (χ1) is 8.37. The molecule has 0 aromatic heterocycles. The Hall–Kier alpha value is -1.16. The van der Waals surface area contributed by atoms with E-state index in [0.717, 1.165) is 10.0 Å². The number of carboxylic acids is 1. The Morgan fingerprint density at radius 1 is 1.28 bits per heavy atom. The van der Waals surface area contributed by atoms with Crippen molar-refractivity contribution in [3.05, 3.63) is 34.3 Å². The van der Waals surface area contributed by atoms with Crippen molar-refractivity contribution in [1.29, 1.82) is 0 Å². The third-order valence-electron chi connectivity index (χ3n) is 3.20. The second-order valence-electron chi connectivity index (χ2n) is 4.74. The number of carboxylic acid groups (broad SMARTS) is 1. The third-order valence-corrected chi connectivity index (χ3v) is 3.73. The Morgan fingerprint density at radius 2 is 1.83 bits per heavy atom. The third kappa shape index (κ3) is 3.95. The molecule has 1 aromatic carbocycles. The van der Waals surface area contributed by atoms with Crippen LogP contribution in [0.1, 0.15) is 32.3 Å². The molecule has 1 N–H and O–H groups in total. The molecule has 0 unspecified atom stereocenters. The number of rotatable bonds is 6. The molecular formula is C14H17BrO3. The molecule has 0 saturated carbocycles. The summed E-state index contributed by atoms with van der Waals surface area (Å²) in [5, 5.41) is 9.13. The quantitative estimate of drug-likeness (QED) is 0.875. The lowest BCUT2D eigenvalue weighted by molar-refractivity contribution is -0.150. The van der Waals surface area contributed by atoms with E-state index in [0.29, 0.717) is 6.42 Å². The van der Waals surface area contributed by atoms with Gasteiger partial charge in [-0.1, -0.05) is 35.0 Å². The van der Waals surface area contributed by atoms with Crippen LogP contribution in [0.4, 0.5) is 0 Å². The van der Waals surface area contributed by atoms with E-state index in [4.69, 9.17) is 5.11 Å². The molecule has 1 aromatic rings. The molecule has 0 spiro atoms. The predicted molar refractivity (Wildman–Crippen MR) is 73.5 cm³/mol. The molecule has 0 heterocycles. The number of Topliss-reactive ketones (excluding diaryl/α,β-unsaturated/α-hetero) is 1. The van der Waals surface area contributed by atoms with Gasteiger partial charge in [-0.2, -0.15) is 0 Å². The zero-order valence-corrected chi connectivity index (χ0v) is 12.2. The van der Waals surface area contributed by atoms with E-state index in [1.165, 1.54) is 0 Å². The second-order valence-corrected chi connectivity index (χ2v) is 5.65. The van der Waals surface area contributed by atoms with Gasteiger partial charge in [0.05, 0.1) is 5.41 Å². The van der Waals surface area contributed by atoms with Crippen molar-refractivity contribution < 1.29 is 14.7 Å². The molecule has 0 radical (unpaired) electrons. The number of halogens is 1. The number of carbonyl (C=O) groups excluding carboxylic acids is 1. The van der Waals surface area contributed by atoms with E-state index in [1.54, 1.807) is 13.8 Å². The number of aliphatic carboxylic acids is 1. The number of hydrogen-bond acceptors (Lipinski definition) is 2. The van der Waals surface area contributed by atoms with Gasteiger partial charge in [-0.25, -0.2) is 0 Å². The maximum Gasteiger partial charge on any atom is 0.309 e. The summed E-state index contributed by atoms with van der Waals surface area (Å²) in [6, 6.07) is 7.48. The predicted octanol–water partition coefficient (Wildman–Crippen LogP) is 3.45. The summed E-state index contributed by atoms with van der Waals surface area (Å²) in [5.41, 5.74) is -0.0426. The van der Waals surface area contributed by atoms with Gasteiger partial charge in [0.1, 0.15) is 5.78 Å². The molecule has 0 bridgehead atoms. The number of ketones is 1. The highest BCUT2D eigenvalue weighted by atomic mass is 79.9. The van der Waals surface area contributed by atoms with Gasteiger partial charge < -0.3 is 5.11 Å². The first kappa shape index (κ1) is 14.9. The molecule has 0 fully saturated rings. The molecule has 98 valence electrons. The van der Waals surface area contributed by atoms with Crippen LogP contribution in [-0.4, -0.2) is 16.9 Å². The Kier molecular flexibility index (Phi) is 5.08. The van der Waals surface area contributed by atoms with E-state index in [2.05, 4.69) is 15.9 Å². The van der Waals surface area contributed by atoms with Gasteiger partial charge in [-0.15, -0.1) is 0 Å². The van der Waals surface area contributed by atoms with Gasteiger partial charge in [0, 0.05) is 17.3 Å². The van der Waals surface area contributed by atoms with Crippen molar-refractivity contribution in [2.75, 3.05) is 0 Å². The van der Waals surface area contributed by atoms with Crippen molar-refractivity contribution in [3.8, 4) is 0 Å². The van der Waals surface area contributed by atoms with E-state index < -0.39 is 11.4 Å². The largest absolute Gasteiger partial charge is 0.481 e. The Morgan fingerprint density at radius 3 is 2.28 bits per heavy atom. The molecule has 1 atom stereocenters. The topological polar surface area (TPSA) is 54.4 Å². The Bertz CT molecular complexity index is 439. The number of carbonyl (C=O) groups is 2. The first-order valence-electron chi connectivity index (χ1n) is 5.87. The smallest absolute Gasteiger partial charge is 0.309 e. The van der Waals surface area contributed by atoms with E-state index in [9.17, 15) is 9.59 Å². The van der Waals surface area contributed by atoms with Crippen molar-refractivity contribution in [2.45, 2.75) is 33.1 Å². The summed E-state index contributed by atoms with van der Waals surface area (Å²) >= 11 is 3.33. The summed E-state index contributed by atoms with van der Waals surface area (Å²) in [5.74, 6) is -0.946. The van der Waals surface area contributed by atoms with Gasteiger partial charge in [0.15, 0.2) is 0 Å². The highest BCUT2D eigenvalue weighted by molar-refractivity contribution is 9.10. The van der Waals surface area contributed by atoms with E-state index >= 15 is 0 Å². The van der Waals surface area contributed by atoms with Crippen LogP contribution in [0.15, 0.2) is 28.7 Å². The summed E-state index contributed by atoms with van der Waals surface area (Å²) in [6.45, 7) is 3.41. The maximum atomic E-state index is 11.9. The van der Waals surface area contributed by atoms with Crippen molar-refractivity contribution in [2.24, 2.45) is 5.41 Å². The van der Waals surface area contributed by atoms with Crippen LogP contribution >= 0.6 is 15.9 Å². The van der Waals surface area contributed by atoms with Crippen LogP contribution in [-0.2, 0) is 16.0 Å². The Balaban J connectivity index is 2.66. The lowest BCUT2D eigenvalue weighted by Crippen LogP contribution is -2.30. The minimum Gasteiger partial charge on any atom is -0.481 e. The minimum atomic E-state index is -0.952. The lowest BCUT2D eigenvalue weighted by Gasteiger charge is -2.21. The van der Waals surface area contributed by atoms with Gasteiger partial charge in [0.25, 0.3) is 0 Å². The zero-order valence-electron chi connectivity index (χ0n) is 10.6. The summed E-state index contributed by atoms with van der Waals surface area (Å²) < 4.78 is 0.961. The van der Waals surface area contributed by atoms with E-state index in [-0.39, 0.29) is 18.6 Å². The minimum absolute atomic E-state index is 0.0379. The van der Waals surface area contributed by atoms with Crippen LogP contribution in [0.2, 0.25) is 0 Å². The van der Waals surface area contributed by atoms with Gasteiger partial charge in [-0.3, -0.25) is 9.59 Å². The highest BCUT2D eigenvalue weighted by Gasteiger charge is 2.33. The van der Waals surface area contributed by atoms with Gasteiger partial charge in [-0.05, 0) is 31.0 Å². The van der Waals surface area contributed by atoms with Crippen LogP contribution in [0.3, 0.4) is 0 Å². The molecule has 18 heavy (non-hydrogen) atoms.